The molecular weight excluding hydrogens is 222 g/mol. The van der Waals surface area contributed by atoms with E-state index in [1.165, 1.54) is 71.2 Å². The number of hydrogen-bond acceptors (Lipinski definition) is 3. The molecule has 3 heteroatoms. The van der Waals surface area contributed by atoms with Crippen molar-refractivity contribution in [2.24, 2.45) is 5.92 Å². The molecule has 4 aliphatic rings. The van der Waals surface area contributed by atoms with Crippen molar-refractivity contribution in [1.29, 1.82) is 0 Å². The molecule has 3 aliphatic heterocycles. The highest BCUT2D eigenvalue weighted by Gasteiger charge is 2.42. The van der Waals surface area contributed by atoms with Crippen molar-refractivity contribution < 1.29 is 0 Å². The summed E-state index contributed by atoms with van der Waals surface area (Å²) < 4.78 is 0. The predicted molar refractivity (Wildman–Crippen MR) is 73.7 cm³/mol. The smallest absolute Gasteiger partial charge is 0.0264 e. The third-order valence-electron chi connectivity index (χ3n) is 5.69. The highest BCUT2D eigenvalue weighted by Crippen LogP contribution is 2.36. The SMILES string of the molecule is C1CC2C(N3CCCNC(C4CC4)C3)CCN2C1. The van der Waals surface area contributed by atoms with Crippen LogP contribution in [-0.2, 0) is 0 Å². The lowest BCUT2D eigenvalue weighted by Crippen LogP contribution is -2.47. The van der Waals surface area contributed by atoms with Gasteiger partial charge in [0.05, 0.1) is 0 Å². The minimum Gasteiger partial charge on any atom is -0.312 e. The van der Waals surface area contributed by atoms with Crippen LogP contribution in [0.15, 0.2) is 0 Å². The van der Waals surface area contributed by atoms with E-state index in [-0.39, 0.29) is 0 Å². The number of hydrogen-bond donors (Lipinski definition) is 1. The monoisotopic (exact) mass is 249 g/mol. The lowest BCUT2D eigenvalue weighted by atomic mass is 10.0. The van der Waals surface area contributed by atoms with Gasteiger partial charge in [-0.3, -0.25) is 9.80 Å². The van der Waals surface area contributed by atoms with E-state index in [1.54, 1.807) is 0 Å². The lowest BCUT2D eigenvalue weighted by molar-refractivity contribution is 0.153. The van der Waals surface area contributed by atoms with Gasteiger partial charge >= 0.3 is 0 Å². The number of fused-ring (bicyclic) bond motifs is 1. The summed E-state index contributed by atoms with van der Waals surface area (Å²) in [5.41, 5.74) is 0. The van der Waals surface area contributed by atoms with Crippen LogP contribution in [0, 0.1) is 5.92 Å². The zero-order chi connectivity index (χ0) is 11.9. The summed E-state index contributed by atoms with van der Waals surface area (Å²) in [6.07, 6.45) is 8.65. The van der Waals surface area contributed by atoms with Crippen LogP contribution in [0.5, 0.6) is 0 Å². The van der Waals surface area contributed by atoms with E-state index >= 15 is 0 Å². The van der Waals surface area contributed by atoms with Crippen molar-refractivity contribution in [3.05, 3.63) is 0 Å². The van der Waals surface area contributed by atoms with Gasteiger partial charge in [-0.15, -0.1) is 0 Å². The van der Waals surface area contributed by atoms with Gasteiger partial charge in [0, 0.05) is 31.2 Å². The Morgan fingerprint density at radius 2 is 1.61 bits per heavy atom. The Balaban J connectivity index is 1.45. The van der Waals surface area contributed by atoms with Crippen molar-refractivity contribution >= 4 is 0 Å². The summed E-state index contributed by atoms with van der Waals surface area (Å²) in [6, 6.07) is 2.60. The van der Waals surface area contributed by atoms with E-state index in [1.807, 2.05) is 0 Å². The highest BCUT2D eigenvalue weighted by atomic mass is 15.3. The summed E-state index contributed by atoms with van der Waals surface area (Å²) in [4.78, 5) is 5.62. The van der Waals surface area contributed by atoms with Gasteiger partial charge < -0.3 is 5.32 Å². The Hall–Kier alpha value is -0.120. The molecule has 0 radical (unpaired) electrons. The summed E-state index contributed by atoms with van der Waals surface area (Å²) in [6.45, 7) is 6.66. The third kappa shape index (κ3) is 2.10. The van der Waals surface area contributed by atoms with Crippen molar-refractivity contribution in [1.82, 2.24) is 15.1 Å². The maximum absolute atomic E-state index is 3.80. The second-order valence-electron chi connectivity index (χ2n) is 6.85. The molecule has 4 rings (SSSR count). The number of rotatable bonds is 2. The second kappa shape index (κ2) is 4.77. The maximum atomic E-state index is 3.80. The molecule has 0 aromatic rings. The average molecular weight is 249 g/mol. The van der Waals surface area contributed by atoms with E-state index in [4.69, 9.17) is 0 Å². The normalized spacial score (nSPS) is 43.0. The Morgan fingerprint density at radius 3 is 2.50 bits per heavy atom. The molecule has 0 spiro atoms. The van der Waals surface area contributed by atoms with Gasteiger partial charge in [0.15, 0.2) is 0 Å². The van der Waals surface area contributed by atoms with E-state index in [2.05, 4.69) is 15.1 Å². The quantitative estimate of drug-likeness (QED) is 0.796. The molecule has 1 N–H and O–H groups in total. The fraction of sp³-hybridized carbons (Fsp3) is 1.00. The van der Waals surface area contributed by atoms with Crippen LogP contribution in [-0.4, -0.2) is 60.6 Å². The molecular formula is C15H27N3. The molecule has 18 heavy (non-hydrogen) atoms. The first-order valence-corrected chi connectivity index (χ1v) is 8.13. The third-order valence-corrected chi connectivity index (χ3v) is 5.69. The second-order valence-corrected chi connectivity index (χ2v) is 6.85. The van der Waals surface area contributed by atoms with E-state index in [0.29, 0.717) is 0 Å². The Kier molecular flexibility index (Phi) is 3.10. The van der Waals surface area contributed by atoms with Crippen LogP contribution in [0.4, 0.5) is 0 Å². The molecule has 1 aliphatic carbocycles. The molecule has 0 amide bonds. The molecule has 3 saturated heterocycles. The fourth-order valence-electron chi connectivity index (χ4n) is 4.58. The van der Waals surface area contributed by atoms with Crippen LogP contribution in [0.2, 0.25) is 0 Å². The summed E-state index contributed by atoms with van der Waals surface area (Å²) in [7, 11) is 0. The molecule has 1 saturated carbocycles. The molecule has 4 fully saturated rings. The van der Waals surface area contributed by atoms with Crippen molar-refractivity contribution in [3.63, 3.8) is 0 Å². The predicted octanol–water partition coefficient (Wildman–Crippen LogP) is 1.30. The van der Waals surface area contributed by atoms with Crippen LogP contribution >= 0.6 is 0 Å². The van der Waals surface area contributed by atoms with E-state index in [9.17, 15) is 0 Å². The van der Waals surface area contributed by atoms with Crippen LogP contribution in [0.25, 0.3) is 0 Å². The van der Waals surface area contributed by atoms with E-state index < -0.39 is 0 Å². The van der Waals surface area contributed by atoms with Crippen molar-refractivity contribution in [2.45, 2.75) is 56.7 Å². The van der Waals surface area contributed by atoms with Gasteiger partial charge in [-0.2, -0.15) is 0 Å². The topological polar surface area (TPSA) is 18.5 Å². The molecule has 0 bridgehead atoms. The standard InChI is InChI=1S/C15H27N3/c1-3-14-15(6-10-17(14)8-1)18-9-2-7-16-13(11-18)12-4-5-12/h12-16H,1-11H2. The average Bonchev–Trinajstić information content (AvgIpc) is 3.04. The Morgan fingerprint density at radius 1 is 0.778 bits per heavy atom. The van der Waals surface area contributed by atoms with Crippen LogP contribution in [0.3, 0.4) is 0 Å². The van der Waals surface area contributed by atoms with Gasteiger partial charge in [0.2, 0.25) is 0 Å². The van der Waals surface area contributed by atoms with E-state index in [0.717, 1.165) is 24.0 Å². The molecule has 102 valence electrons. The summed E-state index contributed by atoms with van der Waals surface area (Å²) in [5, 5.41) is 3.80. The highest BCUT2D eigenvalue weighted by molar-refractivity contribution is 4.99. The van der Waals surface area contributed by atoms with Crippen LogP contribution < -0.4 is 5.32 Å². The van der Waals surface area contributed by atoms with Crippen molar-refractivity contribution in [3.8, 4) is 0 Å². The van der Waals surface area contributed by atoms with Crippen LogP contribution in [0.1, 0.15) is 38.5 Å². The van der Waals surface area contributed by atoms with Gasteiger partial charge in [-0.25, -0.2) is 0 Å². The lowest BCUT2D eigenvalue weighted by Gasteiger charge is -2.33. The first kappa shape index (κ1) is 11.7. The number of nitrogens with one attached hydrogen (secondary N) is 1. The Labute approximate surface area is 111 Å². The van der Waals surface area contributed by atoms with Gasteiger partial charge in [-0.05, 0) is 64.1 Å². The molecule has 3 unspecified atom stereocenters. The summed E-state index contributed by atoms with van der Waals surface area (Å²) in [5.74, 6) is 1.01. The summed E-state index contributed by atoms with van der Waals surface area (Å²) >= 11 is 0. The zero-order valence-electron chi connectivity index (χ0n) is 11.5. The minimum absolute atomic E-state index is 0.808. The molecule has 0 aromatic heterocycles. The Bertz CT molecular complexity index is 302. The molecule has 0 aromatic carbocycles. The molecule has 3 nitrogen and oxygen atoms in total. The largest absolute Gasteiger partial charge is 0.312 e. The zero-order valence-corrected chi connectivity index (χ0v) is 11.5. The van der Waals surface area contributed by atoms with Crippen molar-refractivity contribution in [2.75, 3.05) is 32.7 Å². The van der Waals surface area contributed by atoms with Gasteiger partial charge in [0.25, 0.3) is 0 Å². The fourth-order valence-corrected chi connectivity index (χ4v) is 4.58. The maximum Gasteiger partial charge on any atom is 0.0264 e. The van der Waals surface area contributed by atoms with Gasteiger partial charge in [-0.1, -0.05) is 0 Å². The first-order chi connectivity index (χ1) is 8.92. The van der Waals surface area contributed by atoms with Gasteiger partial charge in [0.1, 0.15) is 0 Å². The first-order valence-electron chi connectivity index (χ1n) is 8.13. The minimum atomic E-state index is 0.808. The molecule has 3 atom stereocenters. The number of nitrogens with zero attached hydrogens (tertiary/aromatic N) is 2. The molecule has 3 heterocycles.